The summed E-state index contributed by atoms with van der Waals surface area (Å²) < 4.78 is 0. The van der Waals surface area contributed by atoms with Gasteiger partial charge in [0.1, 0.15) is 0 Å². The first-order chi connectivity index (χ1) is 6.27. The second-order valence-corrected chi connectivity index (χ2v) is 3.92. The molecule has 0 fully saturated rings. The molecule has 0 bridgehead atoms. The van der Waals surface area contributed by atoms with Crippen LogP contribution in [0.2, 0.25) is 5.02 Å². The van der Waals surface area contributed by atoms with Gasteiger partial charge >= 0.3 is 0 Å². The summed E-state index contributed by atoms with van der Waals surface area (Å²) in [6, 6.07) is 5.83. The Hall–Kier alpha value is 0.0900. The molecule has 0 saturated carbocycles. The molecule has 0 aliphatic heterocycles. The Morgan fingerprint density at radius 2 is 1.85 bits per heavy atom. The Balaban J connectivity index is 2.79. The highest BCUT2D eigenvalue weighted by Gasteiger charge is 2.01. The molecular weight excluding hydrogens is 226 g/mol. The minimum Gasteiger partial charge on any atom is -0.127 e. The van der Waals surface area contributed by atoms with Gasteiger partial charge in [-0.15, -0.1) is 23.2 Å². The fourth-order valence-corrected chi connectivity index (χ4v) is 1.80. The monoisotopic (exact) mass is 236 g/mol. The van der Waals surface area contributed by atoms with E-state index in [9.17, 15) is 0 Å². The quantitative estimate of drug-likeness (QED) is 0.687. The first-order valence-electron chi connectivity index (χ1n) is 4.17. The van der Waals surface area contributed by atoms with E-state index in [-0.39, 0.29) is 0 Å². The van der Waals surface area contributed by atoms with E-state index >= 15 is 0 Å². The van der Waals surface area contributed by atoms with Gasteiger partial charge in [-0.25, -0.2) is 0 Å². The van der Waals surface area contributed by atoms with E-state index in [1.165, 1.54) is 5.56 Å². The minimum atomic E-state index is 0.512. The number of aryl methyl sites for hydroxylation is 1. The maximum Gasteiger partial charge on any atom is 0.0477 e. The largest absolute Gasteiger partial charge is 0.127 e. The van der Waals surface area contributed by atoms with Gasteiger partial charge in [0.05, 0.1) is 0 Å². The van der Waals surface area contributed by atoms with Crippen LogP contribution < -0.4 is 0 Å². The van der Waals surface area contributed by atoms with Crippen molar-refractivity contribution in [3.63, 3.8) is 0 Å². The fraction of sp³-hybridized carbons (Fsp3) is 0.400. The molecule has 0 heterocycles. The summed E-state index contributed by atoms with van der Waals surface area (Å²) in [5, 5.41) is 0.741. The van der Waals surface area contributed by atoms with Crippen LogP contribution in [0.15, 0.2) is 18.2 Å². The SMILES string of the molecule is ClCCCc1ccc(Cl)cc1CCl. The van der Waals surface area contributed by atoms with Crippen LogP contribution in [-0.4, -0.2) is 5.88 Å². The van der Waals surface area contributed by atoms with Gasteiger partial charge in [-0.3, -0.25) is 0 Å². The molecule has 3 heteroatoms. The normalized spacial score (nSPS) is 10.4. The zero-order valence-corrected chi connectivity index (χ0v) is 9.46. The van der Waals surface area contributed by atoms with Gasteiger partial charge in [0.15, 0.2) is 0 Å². The zero-order valence-electron chi connectivity index (χ0n) is 7.19. The number of hydrogen-bond donors (Lipinski definition) is 0. The molecule has 0 nitrogen and oxygen atoms in total. The summed E-state index contributed by atoms with van der Waals surface area (Å²) in [6.07, 6.45) is 1.95. The Morgan fingerprint density at radius 3 is 2.46 bits per heavy atom. The molecule has 0 radical (unpaired) electrons. The highest BCUT2D eigenvalue weighted by Crippen LogP contribution is 2.19. The molecule has 0 aliphatic rings. The smallest absolute Gasteiger partial charge is 0.0477 e. The molecule has 0 aromatic heterocycles. The predicted molar refractivity (Wildman–Crippen MR) is 60.1 cm³/mol. The number of alkyl halides is 2. The topological polar surface area (TPSA) is 0 Å². The Bertz CT molecular complexity index is 271. The van der Waals surface area contributed by atoms with Crippen LogP contribution in [0.25, 0.3) is 0 Å². The van der Waals surface area contributed by atoms with E-state index in [0.717, 1.165) is 23.4 Å². The number of benzene rings is 1. The second kappa shape index (κ2) is 5.74. The van der Waals surface area contributed by atoms with Crippen LogP contribution in [-0.2, 0) is 12.3 Å². The molecule has 0 N–H and O–H groups in total. The third kappa shape index (κ3) is 3.38. The van der Waals surface area contributed by atoms with Crippen LogP contribution in [0.1, 0.15) is 17.5 Å². The third-order valence-corrected chi connectivity index (χ3v) is 2.68. The van der Waals surface area contributed by atoms with Gasteiger partial charge in [0.2, 0.25) is 0 Å². The van der Waals surface area contributed by atoms with Crippen LogP contribution in [0, 0.1) is 0 Å². The standard InChI is InChI=1S/C10H11Cl3/c11-5-1-2-8-3-4-10(13)6-9(8)7-12/h3-4,6H,1-2,5,7H2. The molecule has 1 rings (SSSR count). The van der Waals surface area contributed by atoms with Crippen molar-refractivity contribution in [1.82, 2.24) is 0 Å². The molecule has 0 spiro atoms. The van der Waals surface area contributed by atoms with Crippen molar-refractivity contribution in [3.8, 4) is 0 Å². The summed E-state index contributed by atoms with van der Waals surface area (Å²) >= 11 is 17.3. The second-order valence-electron chi connectivity index (χ2n) is 2.84. The molecule has 1 aromatic rings. The molecule has 72 valence electrons. The van der Waals surface area contributed by atoms with Crippen molar-refractivity contribution in [2.75, 3.05) is 5.88 Å². The van der Waals surface area contributed by atoms with Crippen molar-refractivity contribution >= 4 is 34.8 Å². The molecule has 0 amide bonds. The first kappa shape index (κ1) is 11.2. The average Bonchev–Trinajstić information content (AvgIpc) is 2.16. The van der Waals surface area contributed by atoms with Crippen LogP contribution in [0.3, 0.4) is 0 Å². The number of hydrogen-bond acceptors (Lipinski definition) is 0. The highest BCUT2D eigenvalue weighted by molar-refractivity contribution is 6.30. The molecule has 1 aromatic carbocycles. The van der Waals surface area contributed by atoms with Gasteiger partial charge in [-0.05, 0) is 36.1 Å². The lowest BCUT2D eigenvalue weighted by atomic mass is 10.0. The Labute approximate surface area is 93.8 Å². The van der Waals surface area contributed by atoms with E-state index in [1.807, 2.05) is 18.2 Å². The summed E-state index contributed by atoms with van der Waals surface area (Å²) in [5.74, 6) is 1.20. The summed E-state index contributed by atoms with van der Waals surface area (Å²) in [6.45, 7) is 0. The maximum absolute atomic E-state index is 5.84. The Kier molecular flexibility index (Phi) is 4.93. The third-order valence-electron chi connectivity index (χ3n) is 1.89. The predicted octanol–water partition coefficient (Wildman–Crippen LogP) is 4.25. The van der Waals surface area contributed by atoms with Crippen LogP contribution in [0.4, 0.5) is 0 Å². The van der Waals surface area contributed by atoms with Gasteiger partial charge in [0.25, 0.3) is 0 Å². The molecule has 13 heavy (non-hydrogen) atoms. The van der Waals surface area contributed by atoms with Crippen molar-refractivity contribution in [1.29, 1.82) is 0 Å². The maximum atomic E-state index is 5.84. The molecule has 0 unspecified atom stereocenters. The Morgan fingerprint density at radius 1 is 1.08 bits per heavy atom. The molecule has 0 aliphatic carbocycles. The lowest BCUT2D eigenvalue weighted by molar-refractivity contribution is 0.917. The van der Waals surface area contributed by atoms with E-state index in [2.05, 4.69) is 0 Å². The zero-order chi connectivity index (χ0) is 9.68. The van der Waals surface area contributed by atoms with E-state index in [4.69, 9.17) is 34.8 Å². The van der Waals surface area contributed by atoms with Crippen molar-refractivity contribution < 1.29 is 0 Å². The van der Waals surface area contributed by atoms with Crippen molar-refractivity contribution in [2.45, 2.75) is 18.7 Å². The first-order valence-corrected chi connectivity index (χ1v) is 5.62. The summed E-state index contributed by atoms with van der Waals surface area (Å²) in [4.78, 5) is 0. The van der Waals surface area contributed by atoms with E-state index in [1.54, 1.807) is 0 Å². The number of halogens is 3. The van der Waals surface area contributed by atoms with E-state index in [0.29, 0.717) is 11.8 Å². The molecule has 0 atom stereocenters. The van der Waals surface area contributed by atoms with Crippen molar-refractivity contribution in [3.05, 3.63) is 34.3 Å². The average molecular weight is 238 g/mol. The van der Waals surface area contributed by atoms with Crippen molar-refractivity contribution in [2.24, 2.45) is 0 Å². The van der Waals surface area contributed by atoms with Crippen LogP contribution >= 0.6 is 34.8 Å². The van der Waals surface area contributed by atoms with Gasteiger partial charge in [0, 0.05) is 16.8 Å². The lowest BCUT2D eigenvalue weighted by Gasteiger charge is -2.06. The summed E-state index contributed by atoms with van der Waals surface area (Å²) in [7, 11) is 0. The van der Waals surface area contributed by atoms with Gasteiger partial charge < -0.3 is 0 Å². The van der Waals surface area contributed by atoms with E-state index < -0.39 is 0 Å². The molecular formula is C10H11Cl3. The fourth-order valence-electron chi connectivity index (χ4n) is 1.22. The molecule has 0 saturated heterocycles. The van der Waals surface area contributed by atoms with Crippen LogP contribution in [0.5, 0.6) is 0 Å². The lowest BCUT2D eigenvalue weighted by Crippen LogP contribution is -1.92. The number of rotatable bonds is 4. The van der Waals surface area contributed by atoms with Gasteiger partial charge in [-0.1, -0.05) is 17.7 Å². The summed E-state index contributed by atoms with van der Waals surface area (Å²) in [5.41, 5.74) is 2.36. The van der Waals surface area contributed by atoms with Gasteiger partial charge in [-0.2, -0.15) is 0 Å². The highest BCUT2D eigenvalue weighted by atomic mass is 35.5. The minimum absolute atomic E-state index is 0.512.